The molecule has 122 valence electrons. The lowest BCUT2D eigenvalue weighted by Gasteiger charge is -2.10. The van der Waals surface area contributed by atoms with Gasteiger partial charge < -0.3 is 4.74 Å². The van der Waals surface area contributed by atoms with Crippen LogP contribution in [0.25, 0.3) is 0 Å². The van der Waals surface area contributed by atoms with Crippen molar-refractivity contribution in [2.24, 2.45) is 0 Å². The first-order chi connectivity index (χ1) is 11.5. The van der Waals surface area contributed by atoms with Crippen LogP contribution in [-0.4, -0.2) is 8.42 Å². The van der Waals surface area contributed by atoms with Crippen LogP contribution in [0.5, 0.6) is 11.5 Å². The van der Waals surface area contributed by atoms with E-state index in [4.69, 9.17) is 4.74 Å². The highest BCUT2D eigenvalue weighted by Crippen LogP contribution is 2.24. The number of hydrogen-bond donors (Lipinski definition) is 1. The van der Waals surface area contributed by atoms with E-state index in [-0.39, 0.29) is 10.6 Å². The third-order valence-corrected chi connectivity index (χ3v) is 4.61. The Kier molecular flexibility index (Phi) is 4.48. The summed E-state index contributed by atoms with van der Waals surface area (Å²) < 4.78 is 46.0. The zero-order chi connectivity index (χ0) is 17.0. The van der Waals surface area contributed by atoms with Gasteiger partial charge in [0.05, 0.1) is 10.6 Å². The van der Waals surface area contributed by atoms with Gasteiger partial charge in [-0.25, -0.2) is 12.8 Å². The van der Waals surface area contributed by atoms with E-state index in [1.54, 1.807) is 30.3 Å². The third-order valence-electron chi connectivity index (χ3n) is 3.23. The maximum Gasteiger partial charge on any atom is 0.261 e. The fourth-order valence-corrected chi connectivity index (χ4v) is 3.13. The van der Waals surface area contributed by atoms with Crippen LogP contribution in [0.4, 0.5) is 10.1 Å². The van der Waals surface area contributed by atoms with Gasteiger partial charge in [0, 0.05) is 0 Å². The largest absolute Gasteiger partial charge is 0.457 e. The zero-order valence-corrected chi connectivity index (χ0v) is 13.3. The lowest BCUT2D eigenvalue weighted by atomic mass is 10.3. The predicted octanol–water partition coefficient (Wildman–Crippen LogP) is 4.42. The summed E-state index contributed by atoms with van der Waals surface area (Å²) in [6, 6.07) is 20.6. The molecular formula is C18H14FNO3S. The van der Waals surface area contributed by atoms with Crippen LogP contribution in [0.15, 0.2) is 83.8 Å². The van der Waals surface area contributed by atoms with Gasteiger partial charge in [-0.2, -0.15) is 0 Å². The summed E-state index contributed by atoms with van der Waals surface area (Å²) in [6.07, 6.45) is 0. The Morgan fingerprint density at radius 2 is 1.33 bits per heavy atom. The molecule has 0 saturated carbocycles. The normalized spacial score (nSPS) is 11.0. The molecule has 0 aliphatic carbocycles. The van der Waals surface area contributed by atoms with Gasteiger partial charge in [0.1, 0.15) is 17.3 Å². The lowest BCUT2D eigenvalue weighted by Crippen LogP contribution is -2.13. The van der Waals surface area contributed by atoms with Gasteiger partial charge in [-0.3, -0.25) is 4.72 Å². The first-order valence-corrected chi connectivity index (χ1v) is 8.63. The minimum absolute atomic E-state index is 0.0196. The number of ether oxygens (including phenoxy) is 1. The highest BCUT2D eigenvalue weighted by atomic mass is 32.2. The van der Waals surface area contributed by atoms with E-state index in [1.165, 1.54) is 30.3 Å². The van der Waals surface area contributed by atoms with Crippen LogP contribution in [0.3, 0.4) is 0 Å². The molecule has 0 bridgehead atoms. The molecule has 0 radical (unpaired) electrons. The summed E-state index contributed by atoms with van der Waals surface area (Å²) in [6.45, 7) is 0. The molecule has 24 heavy (non-hydrogen) atoms. The molecular weight excluding hydrogens is 329 g/mol. The number of rotatable bonds is 5. The van der Waals surface area contributed by atoms with Crippen molar-refractivity contribution in [3.63, 3.8) is 0 Å². The fourth-order valence-electron chi connectivity index (χ4n) is 2.06. The van der Waals surface area contributed by atoms with E-state index in [2.05, 4.69) is 4.72 Å². The minimum Gasteiger partial charge on any atom is -0.457 e. The number of hydrogen-bond acceptors (Lipinski definition) is 3. The molecule has 0 aliphatic rings. The van der Waals surface area contributed by atoms with Crippen LogP contribution in [0.1, 0.15) is 0 Å². The van der Waals surface area contributed by atoms with Gasteiger partial charge in [-0.1, -0.05) is 30.3 Å². The number of anilines is 1. The summed E-state index contributed by atoms with van der Waals surface area (Å²) >= 11 is 0. The van der Waals surface area contributed by atoms with Crippen molar-refractivity contribution in [1.82, 2.24) is 0 Å². The molecule has 0 amide bonds. The highest BCUT2D eigenvalue weighted by molar-refractivity contribution is 7.92. The molecule has 1 N–H and O–H groups in total. The average Bonchev–Trinajstić information content (AvgIpc) is 2.58. The summed E-state index contributed by atoms with van der Waals surface area (Å²) in [5.74, 6) is 0.522. The summed E-state index contributed by atoms with van der Waals surface area (Å²) in [4.78, 5) is 0.0196. The van der Waals surface area contributed by atoms with Crippen LogP contribution in [-0.2, 0) is 10.0 Å². The summed E-state index contributed by atoms with van der Waals surface area (Å²) in [5.41, 5.74) is -0.0953. The molecule has 3 aromatic rings. The van der Waals surface area contributed by atoms with E-state index in [0.29, 0.717) is 11.5 Å². The Labute approximate surface area is 139 Å². The monoisotopic (exact) mass is 343 g/mol. The number of benzene rings is 3. The first kappa shape index (κ1) is 16.0. The Morgan fingerprint density at radius 3 is 2.00 bits per heavy atom. The summed E-state index contributed by atoms with van der Waals surface area (Å²) in [5, 5.41) is 0. The SMILES string of the molecule is O=S(=O)(Nc1ccccc1F)c1ccc(Oc2ccccc2)cc1. The number of halogens is 1. The minimum atomic E-state index is -3.87. The van der Waals surface area contributed by atoms with Crippen molar-refractivity contribution in [1.29, 1.82) is 0 Å². The van der Waals surface area contributed by atoms with Gasteiger partial charge in [-0.15, -0.1) is 0 Å². The predicted molar refractivity (Wildman–Crippen MR) is 90.2 cm³/mol. The van der Waals surface area contributed by atoms with Crippen molar-refractivity contribution >= 4 is 15.7 Å². The van der Waals surface area contributed by atoms with Crippen molar-refractivity contribution in [2.75, 3.05) is 4.72 Å². The average molecular weight is 343 g/mol. The molecule has 0 heterocycles. The van der Waals surface area contributed by atoms with Crippen molar-refractivity contribution in [3.8, 4) is 11.5 Å². The Balaban J connectivity index is 1.78. The molecule has 6 heteroatoms. The highest BCUT2D eigenvalue weighted by Gasteiger charge is 2.16. The first-order valence-electron chi connectivity index (χ1n) is 7.15. The second kappa shape index (κ2) is 6.72. The van der Waals surface area contributed by atoms with Gasteiger partial charge in [0.15, 0.2) is 0 Å². The van der Waals surface area contributed by atoms with Gasteiger partial charge in [0.2, 0.25) is 0 Å². The Morgan fingerprint density at radius 1 is 0.750 bits per heavy atom. The molecule has 0 aromatic heterocycles. The smallest absolute Gasteiger partial charge is 0.261 e. The van der Waals surface area contributed by atoms with E-state index in [9.17, 15) is 12.8 Å². The Bertz CT molecular complexity index is 926. The molecule has 0 unspecified atom stereocenters. The van der Waals surface area contributed by atoms with Crippen LogP contribution < -0.4 is 9.46 Å². The van der Waals surface area contributed by atoms with Crippen LogP contribution in [0.2, 0.25) is 0 Å². The maximum atomic E-state index is 13.6. The molecule has 0 aliphatic heterocycles. The van der Waals surface area contributed by atoms with E-state index >= 15 is 0 Å². The van der Waals surface area contributed by atoms with Gasteiger partial charge >= 0.3 is 0 Å². The molecule has 3 aromatic carbocycles. The van der Waals surface area contributed by atoms with E-state index < -0.39 is 15.8 Å². The number of sulfonamides is 1. The quantitative estimate of drug-likeness (QED) is 0.746. The standard InChI is InChI=1S/C18H14FNO3S/c19-17-8-4-5-9-18(17)20-24(21,22)16-12-10-15(11-13-16)23-14-6-2-1-3-7-14/h1-13,20H. The van der Waals surface area contributed by atoms with Gasteiger partial charge in [0.25, 0.3) is 10.0 Å². The zero-order valence-electron chi connectivity index (χ0n) is 12.5. The van der Waals surface area contributed by atoms with Crippen molar-refractivity contribution < 1.29 is 17.5 Å². The second-order valence-electron chi connectivity index (χ2n) is 4.97. The number of para-hydroxylation sites is 2. The molecule has 0 spiro atoms. The topological polar surface area (TPSA) is 55.4 Å². The molecule has 4 nitrogen and oxygen atoms in total. The fraction of sp³-hybridized carbons (Fsp3) is 0. The second-order valence-corrected chi connectivity index (χ2v) is 6.65. The summed E-state index contributed by atoms with van der Waals surface area (Å²) in [7, 11) is -3.87. The molecule has 0 saturated heterocycles. The van der Waals surface area contributed by atoms with Crippen molar-refractivity contribution in [3.05, 3.63) is 84.7 Å². The van der Waals surface area contributed by atoms with Gasteiger partial charge in [-0.05, 0) is 48.5 Å². The molecule has 0 atom stereocenters. The van der Waals surface area contributed by atoms with Crippen LogP contribution >= 0.6 is 0 Å². The van der Waals surface area contributed by atoms with Crippen LogP contribution in [0, 0.1) is 5.82 Å². The maximum absolute atomic E-state index is 13.6. The van der Waals surface area contributed by atoms with Crippen molar-refractivity contribution in [2.45, 2.75) is 4.90 Å². The third kappa shape index (κ3) is 3.72. The molecule has 3 rings (SSSR count). The van der Waals surface area contributed by atoms with E-state index in [0.717, 1.165) is 0 Å². The molecule has 0 fully saturated rings. The van der Waals surface area contributed by atoms with E-state index in [1.807, 2.05) is 18.2 Å². The number of nitrogens with one attached hydrogen (secondary N) is 1. The lowest BCUT2D eigenvalue weighted by molar-refractivity contribution is 0.482. The Hall–Kier alpha value is -2.86.